The molecule has 96 valence electrons. The van der Waals surface area contributed by atoms with Crippen LogP contribution in [-0.2, 0) is 0 Å². The number of benzene rings is 1. The molecule has 0 bridgehead atoms. The van der Waals surface area contributed by atoms with E-state index in [0.29, 0.717) is 6.04 Å². The molecule has 0 N–H and O–H groups in total. The fourth-order valence-corrected chi connectivity index (χ4v) is 2.90. The third-order valence-electron chi connectivity index (χ3n) is 3.64. The van der Waals surface area contributed by atoms with Gasteiger partial charge in [0.1, 0.15) is 6.07 Å². The largest absolute Gasteiger partial charge is 0.368 e. The first-order valence-electron chi connectivity index (χ1n) is 6.19. The topological polar surface area (TPSA) is 30.3 Å². The quantitative estimate of drug-likeness (QED) is 0.765. The molecule has 0 spiro atoms. The molecule has 0 aliphatic carbocycles. The van der Waals surface area contributed by atoms with Gasteiger partial charge < -0.3 is 9.80 Å². The summed E-state index contributed by atoms with van der Waals surface area (Å²) in [6, 6.07) is 9.03. The Kier molecular flexibility index (Phi) is 4.15. The van der Waals surface area contributed by atoms with Gasteiger partial charge in [0.15, 0.2) is 0 Å². The first-order valence-corrected chi connectivity index (χ1v) is 7.42. The van der Waals surface area contributed by atoms with E-state index in [-0.39, 0.29) is 0 Å². The highest BCUT2D eigenvalue weighted by molar-refractivity contribution is 7.98. The molecule has 3 nitrogen and oxygen atoms in total. The van der Waals surface area contributed by atoms with Crippen molar-refractivity contribution in [2.45, 2.75) is 17.9 Å². The van der Waals surface area contributed by atoms with Crippen molar-refractivity contribution >= 4 is 17.4 Å². The molecule has 1 heterocycles. The Labute approximate surface area is 113 Å². The van der Waals surface area contributed by atoms with Crippen molar-refractivity contribution in [3.8, 4) is 6.07 Å². The standard InChI is InChI=1S/C14H19N3S/c1-11-10-17(8-7-16(11)2)13-5-4-6-14(18-3)12(13)9-15/h4-6,11H,7-8,10H2,1-3H3. The Balaban J connectivity index is 2.31. The van der Waals surface area contributed by atoms with E-state index in [0.717, 1.165) is 35.8 Å². The molecule has 1 aromatic rings. The summed E-state index contributed by atoms with van der Waals surface area (Å²) in [6.07, 6.45) is 2.02. The third-order valence-corrected chi connectivity index (χ3v) is 4.42. The number of anilines is 1. The van der Waals surface area contributed by atoms with Crippen LogP contribution in [0.3, 0.4) is 0 Å². The van der Waals surface area contributed by atoms with E-state index in [2.05, 4.69) is 35.9 Å². The fraction of sp³-hybridized carbons (Fsp3) is 0.500. The lowest BCUT2D eigenvalue weighted by Gasteiger charge is -2.39. The summed E-state index contributed by atoms with van der Waals surface area (Å²) in [5.74, 6) is 0. The van der Waals surface area contributed by atoms with Gasteiger partial charge in [0.25, 0.3) is 0 Å². The Bertz CT molecular complexity index is 467. The van der Waals surface area contributed by atoms with E-state index in [4.69, 9.17) is 0 Å². The average Bonchev–Trinajstić information content (AvgIpc) is 2.40. The molecule has 0 amide bonds. The van der Waals surface area contributed by atoms with Gasteiger partial charge in [-0.1, -0.05) is 6.07 Å². The maximum absolute atomic E-state index is 9.38. The number of likely N-dealkylation sites (N-methyl/N-ethyl adjacent to an activating group) is 1. The van der Waals surface area contributed by atoms with Crippen molar-refractivity contribution in [2.24, 2.45) is 0 Å². The summed E-state index contributed by atoms with van der Waals surface area (Å²) in [7, 11) is 2.16. The molecule has 1 aliphatic heterocycles. The molecular formula is C14H19N3S. The molecule has 1 saturated heterocycles. The van der Waals surface area contributed by atoms with E-state index in [9.17, 15) is 5.26 Å². The molecule has 0 radical (unpaired) electrons. The summed E-state index contributed by atoms with van der Waals surface area (Å²) >= 11 is 1.64. The van der Waals surface area contributed by atoms with Crippen molar-refractivity contribution in [1.82, 2.24) is 4.90 Å². The smallest absolute Gasteiger partial charge is 0.103 e. The lowest BCUT2D eigenvalue weighted by Crippen LogP contribution is -2.50. The average molecular weight is 261 g/mol. The molecule has 1 unspecified atom stereocenters. The van der Waals surface area contributed by atoms with Crippen molar-refractivity contribution in [3.63, 3.8) is 0 Å². The van der Waals surface area contributed by atoms with E-state index in [1.165, 1.54) is 0 Å². The Morgan fingerprint density at radius 3 is 2.78 bits per heavy atom. The highest BCUT2D eigenvalue weighted by Crippen LogP contribution is 2.30. The molecule has 2 rings (SSSR count). The monoisotopic (exact) mass is 261 g/mol. The second kappa shape index (κ2) is 5.64. The Morgan fingerprint density at radius 1 is 1.39 bits per heavy atom. The van der Waals surface area contributed by atoms with Gasteiger partial charge in [-0.3, -0.25) is 0 Å². The highest BCUT2D eigenvalue weighted by atomic mass is 32.2. The van der Waals surface area contributed by atoms with Crippen molar-refractivity contribution in [3.05, 3.63) is 23.8 Å². The summed E-state index contributed by atoms with van der Waals surface area (Å²) in [4.78, 5) is 5.77. The summed E-state index contributed by atoms with van der Waals surface area (Å²) in [5, 5.41) is 9.38. The van der Waals surface area contributed by atoms with Crippen LogP contribution in [0.25, 0.3) is 0 Å². The number of piperazine rings is 1. The van der Waals surface area contributed by atoms with Crippen LogP contribution in [0.1, 0.15) is 12.5 Å². The van der Waals surface area contributed by atoms with Crippen LogP contribution in [0.2, 0.25) is 0 Å². The number of nitriles is 1. The van der Waals surface area contributed by atoms with Gasteiger partial charge in [-0.05, 0) is 32.4 Å². The van der Waals surface area contributed by atoms with Gasteiger partial charge in [0.05, 0.1) is 11.3 Å². The molecule has 1 fully saturated rings. The number of hydrogen-bond acceptors (Lipinski definition) is 4. The van der Waals surface area contributed by atoms with E-state index in [1.54, 1.807) is 11.8 Å². The highest BCUT2D eigenvalue weighted by Gasteiger charge is 2.23. The Morgan fingerprint density at radius 2 is 2.17 bits per heavy atom. The molecule has 4 heteroatoms. The zero-order valence-corrected chi connectivity index (χ0v) is 12.0. The van der Waals surface area contributed by atoms with Crippen LogP contribution < -0.4 is 4.90 Å². The molecule has 1 aromatic carbocycles. The fourth-order valence-electron chi connectivity index (χ4n) is 2.33. The van der Waals surface area contributed by atoms with Crippen LogP contribution in [0.5, 0.6) is 0 Å². The number of thioether (sulfide) groups is 1. The summed E-state index contributed by atoms with van der Waals surface area (Å²) < 4.78 is 0. The first-order chi connectivity index (χ1) is 8.67. The minimum absolute atomic E-state index is 0.531. The van der Waals surface area contributed by atoms with Crippen LogP contribution in [0, 0.1) is 11.3 Å². The van der Waals surface area contributed by atoms with Crippen molar-refractivity contribution in [2.75, 3.05) is 37.8 Å². The van der Waals surface area contributed by atoms with Gasteiger partial charge in [0, 0.05) is 30.6 Å². The summed E-state index contributed by atoms with van der Waals surface area (Å²) in [5.41, 5.74) is 1.91. The minimum atomic E-state index is 0.531. The van der Waals surface area contributed by atoms with Gasteiger partial charge in [-0.2, -0.15) is 5.26 Å². The predicted molar refractivity (Wildman–Crippen MR) is 77.2 cm³/mol. The van der Waals surface area contributed by atoms with Crippen LogP contribution in [0.15, 0.2) is 23.1 Å². The van der Waals surface area contributed by atoms with E-state index in [1.807, 2.05) is 18.4 Å². The number of hydrogen-bond donors (Lipinski definition) is 0. The van der Waals surface area contributed by atoms with Gasteiger partial charge in [-0.25, -0.2) is 0 Å². The van der Waals surface area contributed by atoms with E-state index < -0.39 is 0 Å². The second-order valence-corrected chi connectivity index (χ2v) is 5.59. The molecule has 18 heavy (non-hydrogen) atoms. The Hall–Kier alpha value is -1.18. The zero-order valence-electron chi connectivity index (χ0n) is 11.2. The normalized spacial score (nSPS) is 20.8. The van der Waals surface area contributed by atoms with E-state index >= 15 is 0 Å². The predicted octanol–water partition coefficient (Wildman–Crippen LogP) is 2.42. The molecule has 1 atom stereocenters. The van der Waals surface area contributed by atoms with Crippen LogP contribution >= 0.6 is 11.8 Å². The maximum Gasteiger partial charge on any atom is 0.103 e. The zero-order chi connectivity index (χ0) is 13.1. The van der Waals surface area contributed by atoms with Crippen molar-refractivity contribution in [1.29, 1.82) is 5.26 Å². The maximum atomic E-state index is 9.38. The van der Waals surface area contributed by atoms with Gasteiger partial charge in [0.2, 0.25) is 0 Å². The lowest BCUT2D eigenvalue weighted by atomic mass is 10.1. The minimum Gasteiger partial charge on any atom is -0.368 e. The van der Waals surface area contributed by atoms with Crippen LogP contribution in [0.4, 0.5) is 5.69 Å². The molecule has 0 saturated carbocycles. The number of nitrogens with zero attached hydrogens (tertiary/aromatic N) is 3. The van der Waals surface area contributed by atoms with Crippen molar-refractivity contribution < 1.29 is 0 Å². The molecular weight excluding hydrogens is 242 g/mol. The molecule has 1 aliphatic rings. The van der Waals surface area contributed by atoms with Crippen LogP contribution in [-0.4, -0.2) is 43.9 Å². The SMILES string of the molecule is CSc1cccc(N2CCN(C)C(C)C2)c1C#N. The lowest BCUT2D eigenvalue weighted by molar-refractivity contribution is 0.234. The second-order valence-electron chi connectivity index (χ2n) is 4.74. The van der Waals surface area contributed by atoms with Gasteiger partial charge in [-0.15, -0.1) is 11.8 Å². The molecule has 0 aromatic heterocycles. The summed E-state index contributed by atoms with van der Waals surface area (Å²) in [6.45, 7) is 5.27. The number of rotatable bonds is 2. The third kappa shape index (κ3) is 2.47. The van der Waals surface area contributed by atoms with Gasteiger partial charge >= 0.3 is 0 Å². The first kappa shape index (κ1) is 13.3.